The van der Waals surface area contributed by atoms with Crippen molar-refractivity contribution in [2.75, 3.05) is 6.61 Å². The predicted molar refractivity (Wildman–Crippen MR) is 154 cm³/mol. The lowest BCUT2D eigenvalue weighted by Gasteiger charge is -2.15. The summed E-state index contributed by atoms with van der Waals surface area (Å²) < 4.78 is 12.7. The van der Waals surface area contributed by atoms with Gasteiger partial charge in [0.05, 0.1) is 21.6 Å². The monoisotopic (exact) mass is 673 g/mol. The van der Waals surface area contributed by atoms with Gasteiger partial charge in [-0.15, -0.1) is 0 Å². The van der Waals surface area contributed by atoms with Crippen LogP contribution in [0.3, 0.4) is 0 Å². The van der Waals surface area contributed by atoms with Crippen LogP contribution in [0.1, 0.15) is 23.6 Å². The van der Waals surface area contributed by atoms with Crippen LogP contribution < -0.4 is 9.47 Å². The lowest BCUT2D eigenvalue weighted by Crippen LogP contribution is -2.27. The molecular weight excluding hydrogens is 656 g/mol. The molecule has 1 fully saturated rings. The number of amides is 2. The van der Waals surface area contributed by atoms with Crippen molar-refractivity contribution in [3.05, 3.63) is 94.8 Å². The summed E-state index contributed by atoms with van der Waals surface area (Å²) in [5.41, 5.74) is 2.21. The molecule has 3 aromatic carbocycles. The van der Waals surface area contributed by atoms with E-state index < -0.39 is 0 Å². The van der Waals surface area contributed by atoms with Crippen LogP contribution in [-0.4, -0.2) is 22.7 Å². The SMILES string of the molecule is CCOc1cc(/C=C2/SC(=O)N(Cc3ccccc3Cl)C2=O)cc(I)c1OCc1ccc(Cl)cc1Cl. The second-order valence-corrected chi connectivity index (χ2v) is 11.1. The average molecular weight is 675 g/mol. The van der Waals surface area contributed by atoms with Gasteiger partial charge in [0, 0.05) is 20.6 Å². The van der Waals surface area contributed by atoms with E-state index in [9.17, 15) is 9.59 Å². The lowest BCUT2D eigenvalue weighted by atomic mass is 10.1. The number of carbonyl (C=O) groups excluding carboxylic acids is 2. The zero-order chi connectivity index (χ0) is 25.8. The van der Waals surface area contributed by atoms with E-state index in [1.165, 1.54) is 4.90 Å². The van der Waals surface area contributed by atoms with Gasteiger partial charge in [-0.05, 0) is 88.8 Å². The molecule has 1 saturated heterocycles. The van der Waals surface area contributed by atoms with Gasteiger partial charge in [-0.1, -0.05) is 59.1 Å². The fraction of sp³-hybridized carbons (Fsp3) is 0.154. The molecule has 0 aromatic heterocycles. The summed E-state index contributed by atoms with van der Waals surface area (Å²) in [5, 5.41) is 1.23. The molecule has 0 bridgehead atoms. The Morgan fingerprint density at radius 1 is 0.972 bits per heavy atom. The highest BCUT2D eigenvalue weighted by Crippen LogP contribution is 2.39. The first-order valence-electron chi connectivity index (χ1n) is 10.8. The number of thioether (sulfide) groups is 1. The van der Waals surface area contributed by atoms with E-state index in [0.29, 0.717) is 49.2 Å². The van der Waals surface area contributed by atoms with E-state index in [0.717, 1.165) is 20.9 Å². The third kappa shape index (κ3) is 6.31. The van der Waals surface area contributed by atoms with Crippen LogP contribution in [0.15, 0.2) is 59.5 Å². The van der Waals surface area contributed by atoms with Gasteiger partial charge in [0.1, 0.15) is 6.61 Å². The smallest absolute Gasteiger partial charge is 0.293 e. The van der Waals surface area contributed by atoms with Crippen molar-refractivity contribution in [3.8, 4) is 11.5 Å². The normalized spacial score (nSPS) is 14.6. The van der Waals surface area contributed by atoms with Crippen molar-refractivity contribution < 1.29 is 19.1 Å². The minimum Gasteiger partial charge on any atom is -0.490 e. The number of rotatable bonds is 8. The van der Waals surface area contributed by atoms with Gasteiger partial charge in [-0.2, -0.15) is 0 Å². The zero-order valence-corrected chi connectivity index (χ0v) is 24.1. The van der Waals surface area contributed by atoms with Crippen molar-refractivity contribution in [1.29, 1.82) is 0 Å². The number of hydrogen-bond acceptors (Lipinski definition) is 5. The third-order valence-electron chi connectivity index (χ3n) is 5.18. The summed E-state index contributed by atoms with van der Waals surface area (Å²) in [6.45, 7) is 2.64. The fourth-order valence-electron chi connectivity index (χ4n) is 3.45. The third-order valence-corrected chi connectivity index (χ3v) is 7.84. The highest BCUT2D eigenvalue weighted by atomic mass is 127. The second kappa shape index (κ2) is 12.1. The standard InChI is InChI=1S/C26H19Cl3INO4S/c1-2-34-22-10-15(9-21(30)24(22)35-14-17-7-8-18(27)12-20(17)29)11-23-25(32)31(26(33)36-23)13-16-5-3-4-6-19(16)28/h3-12H,2,13-14H2,1H3/b23-11+. The van der Waals surface area contributed by atoms with E-state index in [1.54, 1.807) is 42.5 Å². The molecule has 2 amide bonds. The molecule has 5 nitrogen and oxygen atoms in total. The Morgan fingerprint density at radius 3 is 2.47 bits per heavy atom. The van der Waals surface area contributed by atoms with Crippen LogP contribution in [0.4, 0.5) is 4.79 Å². The maximum atomic E-state index is 13.0. The van der Waals surface area contributed by atoms with Crippen LogP contribution in [-0.2, 0) is 17.9 Å². The molecule has 10 heteroatoms. The van der Waals surface area contributed by atoms with E-state index >= 15 is 0 Å². The minimum absolute atomic E-state index is 0.115. The Bertz CT molecular complexity index is 1370. The molecular formula is C26H19Cl3INO4S. The second-order valence-electron chi connectivity index (χ2n) is 7.65. The summed E-state index contributed by atoms with van der Waals surface area (Å²) >= 11 is 21.5. The summed E-state index contributed by atoms with van der Waals surface area (Å²) in [7, 11) is 0. The van der Waals surface area contributed by atoms with Crippen LogP contribution >= 0.6 is 69.2 Å². The van der Waals surface area contributed by atoms with Crippen molar-refractivity contribution >= 4 is 86.4 Å². The molecule has 0 radical (unpaired) electrons. The zero-order valence-electron chi connectivity index (χ0n) is 18.9. The van der Waals surface area contributed by atoms with Crippen molar-refractivity contribution in [3.63, 3.8) is 0 Å². The highest BCUT2D eigenvalue weighted by molar-refractivity contribution is 14.1. The quantitative estimate of drug-likeness (QED) is 0.177. The molecule has 3 aromatic rings. The number of ether oxygens (including phenoxy) is 2. The number of nitrogens with zero attached hydrogens (tertiary/aromatic N) is 1. The molecule has 0 unspecified atom stereocenters. The topological polar surface area (TPSA) is 55.8 Å². The Morgan fingerprint density at radius 2 is 1.75 bits per heavy atom. The molecule has 0 spiro atoms. The van der Waals surface area contributed by atoms with Gasteiger partial charge >= 0.3 is 0 Å². The molecule has 4 rings (SSSR count). The van der Waals surface area contributed by atoms with E-state index in [2.05, 4.69) is 22.6 Å². The molecule has 1 aliphatic rings. The van der Waals surface area contributed by atoms with Crippen LogP contribution in [0.5, 0.6) is 11.5 Å². The number of hydrogen-bond donors (Lipinski definition) is 0. The first-order valence-corrected chi connectivity index (χ1v) is 13.8. The summed E-state index contributed by atoms with van der Waals surface area (Å²) in [5.74, 6) is 0.721. The first-order chi connectivity index (χ1) is 17.3. The van der Waals surface area contributed by atoms with Crippen molar-refractivity contribution in [1.82, 2.24) is 4.90 Å². The molecule has 0 N–H and O–H groups in total. The molecule has 0 saturated carbocycles. The molecule has 0 aliphatic carbocycles. The minimum atomic E-state index is -0.365. The maximum absolute atomic E-state index is 13.0. The van der Waals surface area contributed by atoms with E-state index in [-0.39, 0.29) is 24.3 Å². The molecule has 1 aliphatic heterocycles. The summed E-state index contributed by atoms with van der Waals surface area (Å²) in [6, 6.07) is 16.0. The largest absolute Gasteiger partial charge is 0.490 e. The van der Waals surface area contributed by atoms with Gasteiger partial charge in [0.25, 0.3) is 11.1 Å². The molecule has 186 valence electrons. The van der Waals surface area contributed by atoms with E-state index in [4.69, 9.17) is 44.3 Å². The average Bonchev–Trinajstić information content (AvgIpc) is 3.08. The Kier molecular flexibility index (Phi) is 9.11. The Balaban J connectivity index is 1.57. The van der Waals surface area contributed by atoms with Crippen LogP contribution in [0.2, 0.25) is 15.1 Å². The fourth-order valence-corrected chi connectivity index (χ4v) is 5.73. The number of benzene rings is 3. The van der Waals surface area contributed by atoms with E-state index in [1.807, 2.05) is 25.1 Å². The van der Waals surface area contributed by atoms with Gasteiger partial charge in [0.15, 0.2) is 11.5 Å². The molecule has 0 atom stereocenters. The van der Waals surface area contributed by atoms with Gasteiger partial charge < -0.3 is 9.47 Å². The van der Waals surface area contributed by atoms with Crippen molar-refractivity contribution in [2.45, 2.75) is 20.1 Å². The molecule has 36 heavy (non-hydrogen) atoms. The number of halogens is 4. The van der Waals surface area contributed by atoms with Gasteiger partial charge in [-0.3, -0.25) is 14.5 Å². The first kappa shape index (κ1) is 27.1. The lowest BCUT2D eigenvalue weighted by molar-refractivity contribution is -0.123. The van der Waals surface area contributed by atoms with Gasteiger partial charge in [-0.25, -0.2) is 0 Å². The number of carbonyl (C=O) groups is 2. The van der Waals surface area contributed by atoms with Crippen LogP contribution in [0.25, 0.3) is 6.08 Å². The highest BCUT2D eigenvalue weighted by Gasteiger charge is 2.35. The summed E-state index contributed by atoms with van der Waals surface area (Å²) in [6.07, 6.45) is 1.68. The van der Waals surface area contributed by atoms with Crippen LogP contribution in [0, 0.1) is 3.57 Å². The summed E-state index contributed by atoms with van der Waals surface area (Å²) in [4.78, 5) is 27.1. The van der Waals surface area contributed by atoms with Crippen molar-refractivity contribution in [2.24, 2.45) is 0 Å². The molecule has 1 heterocycles. The predicted octanol–water partition coefficient (Wildman–Crippen LogP) is 8.47. The maximum Gasteiger partial charge on any atom is 0.293 e. The van der Waals surface area contributed by atoms with Gasteiger partial charge in [0.2, 0.25) is 0 Å². The Labute approximate surface area is 241 Å². The Hall–Kier alpha value is -1.91. The number of imide groups is 1.